The lowest BCUT2D eigenvalue weighted by molar-refractivity contribution is 0.0986. The first-order chi connectivity index (χ1) is 11.4. The number of rotatable bonds is 3. The number of halogens is 2. The number of pyridine rings is 1. The number of carbonyl (C=O) groups excluding carboxylic acids is 1. The molecule has 0 aliphatic carbocycles. The van der Waals surface area contributed by atoms with Crippen molar-refractivity contribution in [3.8, 4) is 0 Å². The van der Waals surface area contributed by atoms with Crippen molar-refractivity contribution < 1.29 is 4.79 Å². The van der Waals surface area contributed by atoms with Gasteiger partial charge in [0, 0.05) is 25.2 Å². The van der Waals surface area contributed by atoms with Crippen molar-refractivity contribution in [1.82, 2.24) is 9.88 Å². The number of aromatic nitrogens is 1. The minimum absolute atomic E-state index is 0.0935. The number of anilines is 3. The summed E-state index contributed by atoms with van der Waals surface area (Å²) in [7, 11) is 5.82. The fraction of sp³-hybridized carbons (Fsp3) is 0.294. The molecule has 1 aliphatic heterocycles. The number of nitrogens with zero attached hydrogens (tertiary/aromatic N) is 4. The van der Waals surface area contributed by atoms with Gasteiger partial charge in [-0.2, -0.15) is 0 Å². The quantitative estimate of drug-likeness (QED) is 0.778. The van der Waals surface area contributed by atoms with E-state index in [1.807, 2.05) is 43.1 Å². The topological polar surface area (TPSA) is 39.7 Å². The van der Waals surface area contributed by atoms with Gasteiger partial charge in [0.1, 0.15) is 5.15 Å². The van der Waals surface area contributed by atoms with Crippen molar-refractivity contribution in [3.63, 3.8) is 0 Å². The average Bonchev–Trinajstić information content (AvgIpc) is 2.61. The normalized spacial score (nSPS) is 13.8. The molecule has 0 saturated heterocycles. The van der Waals surface area contributed by atoms with Crippen LogP contribution in [-0.4, -0.2) is 50.0 Å². The van der Waals surface area contributed by atoms with Gasteiger partial charge in [0.2, 0.25) is 0 Å². The maximum Gasteiger partial charge on any atom is 0.260 e. The zero-order valence-corrected chi connectivity index (χ0v) is 15.3. The second-order valence-corrected chi connectivity index (χ2v) is 6.78. The second kappa shape index (κ2) is 6.59. The van der Waals surface area contributed by atoms with Crippen LogP contribution in [0.4, 0.5) is 17.2 Å². The molecular weight excluding hydrogens is 347 g/mol. The van der Waals surface area contributed by atoms with Gasteiger partial charge in [-0.05, 0) is 44.4 Å². The Morgan fingerprint density at radius 1 is 1.12 bits per heavy atom. The molecule has 3 rings (SSSR count). The average molecular weight is 365 g/mol. The number of hydrogen-bond donors (Lipinski definition) is 0. The zero-order valence-electron chi connectivity index (χ0n) is 13.8. The standard InChI is InChI=1S/C17H18Cl2N4O/c1-21(2)8-9-23-14-6-7-15(19)20-16(14)22(3)13-5-4-11(18)10-12(13)17(23)24/h4-7,10H,8-9H2,1-3H3. The monoisotopic (exact) mass is 364 g/mol. The highest BCUT2D eigenvalue weighted by molar-refractivity contribution is 6.31. The third-order valence-electron chi connectivity index (χ3n) is 4.00. The van der Waals surface area contributed by atoms with E-state index in [9.17, 15) is 4.79 Å². The summed E-state index contributed by atoms with van der Waals surface area (Å²) < 4.78 is 0. The molecule has 1 amide bonds. The summed E-state index contributed by atoms with van der Waals surface area (Å²) in [5.74, 6) is 0.555. The molecule has 7 heteroatoms. The molecule has 126 valence electrons. The van der Waals surface area contributed by atoms with Crippen molar-refractivity contribution in [3.05, 3.63) is 46.1 Å². The van der Waals surface area contributed by atoms with E-state index in [2.05, 4.69) is 4.98 Å². The molecule has 0 fully saturated rings. The van der Waals surface area contributed by atoms with Crippen molar-refractivity contribution in [2.45, 2.75) is 0 Å². The molecule has 2 heterocycles. The highest BCUT2D eigenvalue weighted by Crippen LogP contribution is 2.39. The van der Waals surface area contributed by atoms with Gasteiger partial charge in [-0.15, -0.1) is 0 Å². The first kappa shape index (κ1) is 17.0. The summed E-state index contributed by atoms with van der Waals surface area (Å²) in [6.45, 7) is 1.27. The summed E-state index contributed by atoms with van der Waals surface area (Å²) >= 11 is 12.2. The van der Waals surface area contributed by atoms with Gasteiger partial charge in [-0.25, -0.2) is 4.98 Å². The van der Waals surface area contributed by atoms with E-state index < -0.39 is 0 Å². The maximum atomic E-state index is 13.2. The zero-order chi connectivity index (χ0) is 17.4. The Morgan fingerprint density at radius 3 is 2.54 bits per heavy atom. The Morgan fingerprint density at radius 2 is 1.83 bits per heavy atom. The van der Waals surface area contributed by atoms with E-state index in [1.165, 1.54) is 0 Å². The van der Waals surface area contributed by atoms with Crippen LogP contribution in [0.1, 0.15) is 10.4 Å². The number of carbonyl (C=O) groups is 1. The van der Waals surface area contributed by atoms with Crippen LogP contribution in [0.25, 0.3) is 0 Å². The minimum Gasteiger partial charge on any atom is -0.327 e. The Labute approximate surface area is 151 Å². The predicted molar refractivity (Wildman–Crippen MR) is 99.0 cm³/mol. The van der Waals surface area contributed by atoms with E-state index in [0.717, 1.165) is 17.9 Å². The Balaban J connectivity index is 2.19. The Bertz CT molecular complexity index is 794. The molecule has 0 atom stereocenters. The van der Waals surface area contributed by atoms with Crippen molar-refractivity contribution in [2.24, 2.45) is 0 Å². The minimum atomic E-state index is -0.0935. The summed E-state index contributed by atoms with van der Waals surface area (Å²) in [5.41, 5.74) is 2.05. The molecule has 0 N–H and O–H groups in total. The van der Waals surface area contributed by atoms with Crippen LogP contribution in [0.2, 0.25) is 10.2 Å². The number of amides is 1. The SMILES string of the molecule is CN(C)CCN1C(=O)c2cc(Cl)ccc2N(C)c2nc(Cl)ccc21. The van der Waals surface area contributed by atoms with E-state index in [4.69, 9.17) is 23.2 Å². The van der Waals surface area contributed by atoms with Crippen molar-refractivity contribution >= 4 is 46.3 Å². The van der Waals surface area contributed by atoms with Crippen LogP contribution < -0.4 is 9.80 Å². The smallest absolute Gasteiger partial charge is 0.260 e. The second-order valence-electron chi connectivity index (χ2n) is 5.96. The Hall–Kier alpha value is -1.82. The third-order valence-corrected chi connectivity index (χ3v) is 4.44. The maximum absolute atomic E-state index is 13.2. The molecule has 2 aromatic rings. The molecule has 0 bridgehead atoms. The summed E-state index contributed by atoms with van der Waals surface area (Å²) in [5, 5.41) is 0.915. The van der Waals surface area contributed by atoms with Gasteiger partial charge in [0.25, 0.3) is 5.91 Å². The Kier molecular flexibility index (Phi) is 4.67. The molecule has 1 aromatic heterocycles. The first-order valence-electron chi connectivity index (χ1n) is 7.55. The number of likely N-dealkylation sites (N-methyl/N-ethyl adjacent to an activating group) is 1. The van der Waals surface area contributed by atoms with E-state index in [1.54, 1.807) is 23.1 Å². The number of hydrogen-bond acceptors (Lipinski definition) is 4. The summed E-state index contributed by atoms with van der Waals surface area (Å²) in [4.78, 5) is 23.2. The van der Waals surface area contributed by atoms with E-state index >= 15 is 0 Å². The van der Waals surface area contributed by atoms with Crippen LogP contribution >= 0.6 is 23.2 Å². The summed E-state index contributed by atoms with van der Waals surface area (Å²) in [6, 6.07) is 8.84. The molecule has 0 radical (unpaired) electrons. The van der Waals surface area contributed by atoms with E-state index in [-0.39, 0.29) is 5.91 Å². The van der Waals surface area contributed by atoms with Crippen LogP contribution in [0, 0.1) is 0 Å². The molecule has 0 unspecified atom stereocenters. The lowest BCUT2D eigenvalue weighted by atomic mass is 10.1. The largest absolute Gasteiger partial charge is 0.327 e. The van der Waals surface area contributed by atoms with Crippen molar-refractivity contribution in [1.29, 1.82) is 0 Å². The van der Waals surface area contributed by atoms with Crippen LogP contribution in [0.3, 0.4) is 0 Å². The van der Waals surface area contributed by atoms with Gasteiger partial charge in [-0.1, -0.05) is 23.2 Å². The molecule has 1 aliphatic rings. The molecular formula is C17H18Cl2N4O. The van der Waals surface area contributed by atoms with Crippen molar-refractivity contribution in [2.75, 3.05) is 44.0 Å². The molecule has 24 heavy (non-hydrogen) atoms. The highest BCUT2D eigenvalue weighted by Gasteiger charge is 2.30. The van der Waals surface area contributed by atoms with Crippen LogP contribution in [0.15, 0.2) is 30.3 Å². The molecule has 1 aromatic carbocycles. The molecule has 0 saturated carbocycles. The van der Waals surface area contributed by atoms with Gasteiger partial charge in [-0.3, -0.25) is 4.79 Å². The fourth-order valence-electron chi connectivity index (χ4n) is 2.74. The highest BCUT2D eigenvalue weighted by atomic mass is 35.5. The lowest BCUT2D eigenvalue weighted by Gasteiger charge is -2.25. The predicted octanol–water partition coefficient (Wildman–Crippen LogP) is 3.68. The third kappa shape index (κ3) is 3.07. The molecule has 5 nitrogen and oxygen atoms in total. The molecule has 0 spiro atoms. The summed E-state index contributed by atoms with van der Waals surface area (Å²) in [6.07, 6.45) is 0. The van der Waals surface area contributed by atoms with Gasteiger partial charge >= 0.3 is 0 Å². The van der Waals surface area contributed by atoms with Crippen LogP contribution in [0.5, 0.6) is 0 Å². The first-order valence-corrected chi connectivity index (χ1v) is 8.30. The van der Waals surface area contributed by atoms with E-state index in [0.29, 0.717) is 28.1 Å². The lowest BCUT2D eigenvalue weighted by Crippen LogP contribution is -2.36. The van der Waals surface area contributed by atoms with Crippen LogP contribution in [-0.2, 0) is 0 Å². The van der Waals surface area contributed by atoms with Gasteiger partial charge < -0.3 is 14.7 Å². The number of benzene rings is 1. The van der Waals surface area contributed by atoms with Gasteiger partial charge in [0.05, 0.1) is 16.9 Å². The van der Waals surface area contributed by atoms with Gasteiger partial charge in [0.15, 0.2) is 5.82 Å². The fourth-order valence-corrected chi connectivity index (χ4v) is 3.05. The number of fused-ring (bicyclic) bond motifs is 2.